The van der Waals surface area contributed by atoms with E-state index in [1.165, 1.54) is 0 Å². The van der Waals surface area contributed by atoms with E-state index in [2.05, 4.69) is 0 Å². The lowest BCUT2D eigenvalue weighted by Gasteiger charge is -2.12. The summed E-state index contributed by atoms with van der Waals surface area (Å²) >= 11 is 0. The van der Waals surface area contributed by atoms with Gasteiger partial charge in [-0.25, -0.2) is 19.2 Å². The van der Waals surface area contributed by atoms with Gasteiger partial charge in [-0.15, -0.1) is 0 Å². The molecule has 6 nitrogen and oxygen atoms in total. The largest absolute Gasteiger partial charge is 0.386 e. The van der Waals surface area contributed by atoms with Crippen LogP contribution in [0.25, 0.3) is 0 Å². The van der Waals surface area contributed by atoms with Gasteiger partial charge in [-0.3, -0.25) is 0 Å². The zero-order chi connectivity index (χ0) is 20.5. The highest BCUT2D eigenvalue weighted by molar-refractivity contribution is 6.04. The quantitative estimate of drug-likeness (QED) is 0.355. The van der Waals surface area contributed by atoms with Crippen LogP contribution >= 0.6 is 0 Å². The van der Waals surface area contributed by atoms with E-state index in [-0.39, 0.29) is 11.8 Å². The third-order valence-corrected chi connectivity index (χ3v) is 5.13. The molecule has 0 aromatic rings. The molecule has 152 valence electrons. The van der Waals surface area contributed by atoms with Crippen molar-refractivity contribution < 1.29 is 28.7 Å². The molecule has 2 unspecified atom stereocenters. The molecule has 2 atom stereocenters. The predicted octanol–water partition coefficient (Wildman–Crippen LogP) is 3.96. The Morgan fingerprint density at radius 3 is 1.57 bits per heavy atom. The summed E-state index contributed by atoms with van der Waals surface area (Å²) in [6.45, 7) is 4.07. The van der Waals surface area contributed by atoms with E-state index in [0.717, 1.165) is 63.5 Å². The minimum Gasteiger partial charge on any atom is -0.386 e. The minimum absolute atomic E-state index is 0.118. The number of carbonyl (C=O) groups is 4. The first-order chi connectivity index (χ1) is 13.5. The number of ether oxygens (including phenoxy) is 2. The number of esters is 4. The van der Waals surface area contributed by atoms with E-state index in [9.17, 15) is 19.2 Å². The van der Waals surface area contributed by atoms with Crippen LogP contribution in [0.1, 0.15) is 65.2 Å². The summed E-state index contributed by atoms with van der Waals surface area (Å²) in [7, 11) is 0. The Kier molecular flexibility index (Phi) is 8.36. The van der Waals surface area contributed by atoms with E-state index < -0.39 is 23.9 Å². The molecule has 2 aliphatic carbocycles. The predicted molar refractivity (Wildman–Crippen MR) is 103 cm³/mol. The SMILES string of the molecule is CCCC1CCC=C1C(=O)OC(=O)/C=C\C(=O)OC(=O)C1=CCCC1CCC. The van der Waals surface area contributed by atoms with Gasteiger partial charge in [0, 0.05) is 23.3 Å². The number of allylic oxidation sites excluding steroid dienone is 2. The fourth-order valence-electron chi connectivity index (χ4n) is 3.83. The molecular weight excluding hydrogens is 360 g/mol. The molecular formula is C22H28O6. The number of hydrogen-bond donors (Lipinski definition) is 0. The highest BCUT2D eigenvalue weighted by Crippen LogP contribution is 2.31. The average Bonchev–Trinajstić information content (AvgIpc) is 3.30. The Balaban J connectivity index is 1.82. The lowest BCUT2D eigenvalue weighted by Crippen LogP contribution is -2.18. The van der Waals surface area contributed by atoms with Crippen molar-refractivity contribution in [3.63, 3.8) is 0 Å². The third-order valence-electron chi connectivity index (χ3n) is 5.13. The maximum absolute atomic E-state index is 12.1. The van der Waals surface area contributed by atoms with Crippen molar-refractivity contribution in [2.45, 2.75) is 65.2 Å². The Bertz CT molecular complexity index is 653. The van der Waals surface area contributed by atoms with Gasteiger partial charge in [-0.2, -0.15) is 0 Å². The summed E-state index contributed by atoms with van der Waals surface area (Å²) in [6.07, 6.45) is 12.2. The molecule has 0 bridgehead atoms. The van der Waals surface area contributed by atoms with Gasteiger partial charge in [0.25, 0.3) is 0 Å². The van der Waals surface area contributed by atoms with E-state index in [1.54, 1.807) is 12.2 Å². The van der Waals surface area contributed by atoms with Crippen LogP contribution in [0.4, 0.5) is 0 Å². The molecule has 6 heteroatoms. The second-order valence-electron chi connectivity index (χ2n) is 7.20. The van der Waals surface area contributed by atoms with Crippen LogP contribution in [0.15, 0.2) is 35.5 Å². The Hall–Kier alpha value is -2.50. The van der Waals surface area contributed by atoms with Gasteiger partial charge in [0.15, 0.2) is 0 Å². The van der Waals surface area contributed by atoms with E-state index in [4.69, 9.17) is 9.47 Å². The second-order valence-corrected chi connectivity index (χ2v) is 7.20. The monoisotopic (exact) mass is 388 g/mol. The first-order valence-electron chi connectivity index (χ1n) is 10.1. The summed E-state index contributed by atoms with van der Waals surface area (Å²) in [4.78, 5) is 47.8. The summed E-state index contributed by atoms with van der Waals surface area (Å²) in [5.41, 5.74) is 1.05. The van der Waals surface area contributed by atoms with Crippen LogP contribution in [0.2, 0.25) is 0 Å². The van der Waals surface area contributed by atoms with Crippen molar-refractivity contribution >= 4 is 23.9 Å². The molecule has 28 heavy (non-hydrogen) atoms. The molecule has 0 heterocycles. The number of hydrogen-bond acceptors (Lipinski definition) is 6. The summed E-state index contributed by atoms with van der Waals surface area (Å²) in [5, 5.41) is 0. The van der Waals surface area contributed by atoms with Crippen molar-refractivity contribution in [3.8, 4) is 0 Å². The normalized spacial score (nSPS) is 21.4. The molecule has 2 aliphatic rings. The molecule has 2 rings (SSSR count). The highest BCUT2D eigenvalue weighted by Gasteiger charge is 2.28. The lowest BCUT2D eigenvalue weighted by atomic mass is 9.96. The maximum atomic E-state index is 12.1. The molecule has 0 saturated heterocycles. The van der Waals surface area contributed by atoms with E-state index >= 15 is 0 Å². The van der Waals surface area contributed by atoms with Crippen LogP contribution in [-0.2, 0) is 28.7 Å². The zero-order valence-corrected chi connectivity index (χ0v) is 16.6. The topological polar surface area (TPSA) is 86.7 Å². The fraction of sp³-hybridized carbons (Fsp3) is 0.545. The number of rotatable bonds is 8. The maximum Gasteiger partial charge on any atom is 0.341 e. The first kappa shape index (κ1) is 21.8. The second kappa shape index (κ2) is 10.7. The van der Waals surface area contributed by atoms with Crippen LogP contribution in [0.3, 0.4) is 0 Å². The molecule has 0 amide bonds. The minimum atomic E-state index is -0.957. The smallest absolute Gasteiger partial charge is 0.341 e. The highest BCUT2D eigenvalue weighted by atomic mass is 16.6. The zero-order valence-electron chi connectivity index (χ0n) is 16.6. The van der Waals surface area contributed by atoms with Crippen LogP contribution in [0, 0.1) is 11.8 Å². The lowest BCUT2D eigenvalue weighted by molar-refractivity contribution is -0.156. The van der Waals surface area contributed by atoms with Gasteiger partial charge in [0.05, 0.1) is 0 Å². The Morgan fingerprint density at radius 1 is 0.821 bits per heavy atom. The molecule has 0 fully saturated rings. The fourth-order valence-corrected chi connectivity index (χ4v) is 3.83. The summed E-state index contributed by atoms with van der Waals surface area (Å²) < 4.78 is 9.56. The molecule has 0 radical (unpaired) electrons. The standard InChI is InChI=1S/C22H28O6/c1-3-7-15-9-5-11-17(15)21(25)27-19(23)13-14-20(24)28-22(26)18-12-6-10-16(18)8-4-2/h11-16H,3-10H2,1-2H3/b14-13-. The third kappa shape index (κ3) is 6.01. The molecule has 0 aromatic carbocycles. The van der Waals surface area contributed by atoms with E-state index in [0.29, 0.717) is 11.1 Å². The molecule has 0 saturated carbocycles. The van der Waals surface area contributed by atoms with Crippen LogP contribution in [0.5, 0.6) is 0 Å². The van der Waals surface area contributed by atoms with Gasteiger partial charge in [-0.05, 0) is 50.4 Å². The number of carbonyl (C=O) groups excluding carboxylic acids is 4. The van der Waals surface area contributed by atoms with Crippen LogP contribution < -0.4 is 0 Å². The average molecular weight is 388 g/mol. The van der Waals surface area contributed by atoms with Crippen LogP contribution in [-0.4, -0.2) is 23.9 Å². The Labute approximate surface area is 165 Å². The molecule has 0 aliphatic heterocycles. The van der Waals surface area contributed by atoms with Gasteiger partial charge in [0.1, 0.15) is 0 Å². The van der Waals surface area contributed by atoms with Crippen molar-refractivity contribution in [2.75, 3.05) is 0 Å². The van der Waals surface area contributed by atoms with Crippen molar-refractivity contribution in [2.24, 2.45) is 11.8 Å². The first-order valence-corrected chi connectivity index (χ1v) is 10.1. The van der Waals surface area contributed by atoms with Crippen molar-refractivity contribution in [1.82, 2.24) is 0 Å². The van der Waals surface area contributed by atoms with Gasteiger partial charge >= 0.3 is 23.9 Å². The summed E-state index contributed by atoms with van der Waals surface area (Å²) in [5.74, 6) is -3.02. The molecule has 0 spiro atoms. The molecule has 0 N–H and O–H groups in total. The van der Waals surface area contributed by atoms with E-state index in [1.807, 2.05) is 13.8 Å². The van der Waals surface area contributed by atoms with Crippen molar-refractivity contribution in [3.05, 3.63) is 35.5 Å². The van der Waals surface area contributed by atoms with Gasteiger partial charge in [-0.1, -0.05) is 38.8 Å². The van der Waals surface area contributed by atoms with Crippen molar-refractivity contribution in [1.29, 1.82) is 0 Å². The Morgan fingerprint density at radius 2 is 1.21 bits per heavy atom. The van der Waals surface area contributed by atoms with Gasteiger partial charge in [0.2, 0.25) is 0 Å². The molecule has 0 aromatic heterocycles. The summed E-state index contributed by atoms with van der Waals surface area (Å²) in [6, 6.07) is 0. The van der Waals surface area contributed by atoms with Gasteiger partial charge < -0.3 is 9.47 Å².